The molecule has 22 heavy (non-hydrogen) atoms. The van der Waals surface area contributed by atoms with Crippen LogP contribution < -0.4 is 5.32 Å². The van der Waals surface area contributed by atoms with Gasteiger partial charge in [-0.3, -0.25) is 14.8 Å². The Morgan fingerprint density at radius 2 is 1.68 bits per heavy atom. The van der Waals surface area contributed by atoms with Crippen molar-refractivity contribution in [3.8, 4) is 0 Å². The third-order valence-electron chi connectivity index (χ3n) is 3.39. The summed E-state index contributed by atoms with van der Waals surface area (Å²) >= 11 is 0. The fourth-order valence-corrected chi connectivity index (χ4v) is 2.66. The molecule has 1 unspecified atom stereocenters. The minimum absolute atomic E-state index is 0.794. The molecule has 1 aromatic rings. The molecule has 3 N–H and O–H groups in total. The van der Waals surface area contributed by atoms with Crippen LogP contribution in [0.2, 0.25) is 0 Å². The van der Waals surface area contributed by atoms with Crippen LogP contribution in [0.15, 0.2) is 18.7 Å². The molecular formula is C14H24N4O4. The number of nitrogens with zero attached hydrogens (tertiary/aromatic N) is 3. The number of nitrogens with one attached hydrogen (secondary N) is 1. The van der Waals surface area contributed by atoms with Gasteiger partial charge in [-0.15, -0.1) is 0 Å². The Morgan fingerprint density at radius 1 is 1.14 bits per heavy atom. The molecule has 0 spiro atoms. The van der Waals surface area contributed by atoms with Crippen LogP contribution in [0.3, 0.4) is 0 Å². The average molecular weight is 312 g/mol. The SMILES string of the molecule is CC(C)(C)N(C(=O)O)C(NC(=O)O)(n1ccnc1)C(C)(C)C. The zero-order valence-corrected chi connectivity index (χ0v) is 13.8. The summed E-state index contributed by atoms with van der Waals surface area (Å²) < 4.78 is 1.47. The van der Waals surface area contributed by atoms with Gasteiger partial charge in [0.15, 0.2) is 0 Å². The highest BCUT2D eigenvalue weighted by molar-refractivity contribution is 5.70. The summed E-state index contributed by atoms with van der Waals surface area (Å²) in [5.74, 6) is -1.56. The van der Waals surface area contributed by atoms with Gasteiger partial charge >= 0.3 is 12.2 Å². The lowest BCUT2D eigenvalue weighted by Gasteiger charge is -2.55. The Balaban J connectivity index is 3.76. The summed E-state index contributed by atoms with van der Waals surface area (Å²) in [5, 5.41) is 21.5. The molecule has 0 bridgehead atoms. The van der Waals surface area contributed by atoms with E-state index >= 15 is 0 Å². The first kappa shape index (κ1) is 17.8. The number of carboxylic acid groups (broad SMARTS) is 2. The van der Waals surface area contributed by atoms with Crippen LogP contribution in [0.1, 0.15) is 41.5 Å². The second-order valence-corrected chi connectivity index (χ2v) is 7.11. The summed E-state index contributed by atoms with van der Waals surface area (Å²) in [6.07, 6.45) is 1.88. The lowest BCUT2D eigenvalue weighted by molar-refractivity contribution is -0.117. The van der Waals surface area contributed by atoms with Crippen molar-refractivity contribution in [2.75, 3.05) is 0 Å². The number of aromatic nitrogens is 2. The highest BCUT2D eigenvalue weighted by atomic mass is 16.4. The molecule has 0 aliphatic carbocycles. The third-order valence-corrected chi connectivity index (χ3v) is 3.39. The minimum atomic E-state index is -1.56. The zero-order valence-electron chi connectivity index (χ0n) is 13.8. The van der Waals surface area contributed by atoms with Crippen LogP contribution in [0.5, 0.6) is 0 Å². The topological polar surface area (TPSA) is 108 Å². The van der Waals surface area contributed by atoms with Crippen molar-refractivity contribution in [1.29, 1.82) is 0 Å². The van der Waals surface area contributed by atoms with Crippen molar-refractivity contribution in [1.82, 2.24) is 19.8 Å². The predicted octanol–water partition coefficient (Wildman–Crippen LogP) is 2.59. The maximum absolute atomic E-state index is 12.0. The van der Waals surface area contributed by atoms with Crippen LogP contribution in [0, 0.1) is 5.41 Å². The third kappa shape index (κ3) is 3.00. The second kappa shape index (κ2) is 5.51. The van der Waals surface area contributed by atoms with E-state index < -0.39 is 28.9 Å². The fraction of sp³-hybridized carbons (Fsp3) is 0.643. The van der Waals surface area contributed by atoms with Crippen molar-refractivity contribution in [3.63, 3.8) is 0 Å². The quantitative estimate of drug-likeness (QED) is 0.743. The summed E-state index contributed by atoms with van der Waals surface area (Å²) in [7, 11) is 0. The first-order valence-electron chi connectivity index (χ1n) is 6.87. The molecule has 1 aromatic heterocycles. The lowest BCUT2D eigenvalue weighted by atomic mass is 9.82. The maximum atomic E-state index is 12.0. The van der Waals surface area contributed by atoms with E-state index in [-0.39, 0.29) is 0 Å². The summed E-state index contributed by atoms with van der Waals surface area (Å²) in [4.78, 5) is 28.5. The van der Waals surface area contributed by atoms with Gasteiger partial charge in [-0.05, 0) is 20.8 Å². The fourth-order valence-electron chi connectivity index (χ4n) is 2.66. The molecule has 1 heterocycles. The molecule has 8 nitrogen and oxygen atoms in total. The van der Waals surface area contributed by atoms with Gasteiger partial charge in [0, 0.05) is 23.3 Å². The monoisotopic (exact) mass is 312 g/mol. The van der Waals surface area contributed by atoms with Gasteiger partial charge in [-0.1, -0.05) is 20.8 Å². The van der Waals surface area contributed by atoms with Gasteiger partial charge in [0.25, 0.3) is 0 Å². The first-order chi connectivity index (χ1) is 9.84. The van der Waals surface area contributed by atoms with E-state index in [4.69, 9.17) is 0 Å². The van der Waals surface area contributed by atoms with Gasteiger partial charge in [0.1, 0.15) is 0 Å². The largest absolute Gasteiger partial charge is 0.465 e. The number of hydrogen-bond donors (Lipinski definition) is 3. The molecular weight excluding hydrogens is 288 g/mol. The van der Waals surface area contributed by atoms with E-state index in [1.165, 1.54) is 17.1 Å². The van der Waals surface area contributed by atoms with Gasteiger partial charge in [0.05, 0.1) is 6.33 Å². The van der Waals surface area contributed by atoms with E-state index in [0.29, 0.717) is 0 Å². The molecule has 0 saturated heterocycles. The zero-order chi connectivity index (χ0) is 17.3. The average Bonchev–Trinajstić information content (AvgIpc) is 2.75. The normalized spacial score (nSPS) is 15.0. The Hall–Kier alpha value is -2.25. The molecule has 0 saturated carbocycles. The van der Waals surface area contributed by atoms with Crippen LogP contribution in [0.25, 0.3) is 0 Å². The second-order valence-electron chi connectivity index (χ2n) is 7.11. The van der Waals surface area contributed by atoms with Gasteiger partial charge in [-0.25, -0.2) is 14.6 Å². The molecule has 0 aromatic carbocycles. The van der Waals surface area contributed by atoms with Crippen molar-refractivity contribution < 1.29 is 19.8 Å². The molecule has 2 amide bonds. The van der Waals surface area contributed by atoms with Crippen molar-refractivity contribution >= 4 is 12.2 Å². The Labute approximate surface area is 129 Å². The van der Waals surface area contributed by atoms with Crippen molar-refractivity contribution in [2.24, 2.45) is 5.41 Å². The Morgan fingerprint density at radius 3 is 1.95 bits per heavy atom. The van der Waals surface area contributed by atoms with E-state index in [9.17, 15) is 19.8 Å². The van der Waals surface area contributed by atoms with Gasteiger partial charge < -0.3 is 10.2 Å². The highest BCUT2D eigenvalue weighted by Gasteiger charge is 2.55. The summed E-state index contributed by atoms with van der Waals surface area (Å²) in [5.41, 5.74) is -1.65. The number of rotatable bonds is 3. The van der Waals surface area contributed by atoms with E-state index in [0.717, 1.165) is 4.90 Å². The Kier molecular flexibility index (Phi) is 4.46. The standard InChI is InChI=1S/C14H24N4O4/c1-12(2,3)14(16-10(19)20,17-8-7-15-9-17)18(11(21)22)13(4,5)6/h7-9,16H,1-6H3,(H,19,20)(H,21,22). The summed E-state index contributed by atoms with van der Waals surface area (Å²) in [6, 6.07) is 0. The molecule has 8 heteroatoms. The molecule has 1 atom stereocenters. The van der Waals surface area contributed by atoms with Crippen LogP contribution >= 0.6 is 0 Å². The predicted molar refractivity (Wildman–Crippen MR) is 80.4 cm³/mol. The van der Waals surface area contributed by atoms with E-state index in [2.05, 4.69) is 10.3 Å². The maximum Gasteiger partial charge on any atom is 0.411 e. The molecule has 0 aliphatic rings. The van der Waals surface area contributed by atoms with Gasteiger partial charge in [0.2, 0.25) is 5.79 Å². The van der Waals surface area contributed by atoms with Crippen molar-refractivity contribution in [2.45, 2.75) is 52.9 Å². The van der Waals surface area contributed by atoms with E-state index in [1.807, 2.05) is 0 Å². The van der Waals surface area contributed by atoms with Crippen LogP contribution in [-0.4, -0.2) is 42.4 Å². The van der Waals surface area contributed by atoms with E-state index in [1.54, 1.807) is 47.7 Å². The molecule has 0 radical (unpaired) electrons. The van der Waals surface area contributed by atoms with Crippen LogP contribution in [-0.2, 0) is 5.79 Å². The number of imidazole rings is 1. The number of hydrogen-bond acceptors (Lipinski definition) is 3. The first-order valence-corrected chi connectivity index (χ1v) is 6.87. The van der Waals surface area contributed by atoms with Crippen molar-refractivity contribution in [3.05, 3.63) is 18.7 Å². The number of carbonyl (C=O) groups is 2. The lowest BCUT2D eigenvalue weighted by Crippen LogP contribution is -2.72. The molecule has 0 aliphatic heterocycles. The molecule has 124 valence electrons. The van der Waals surface area contributed by atoms with Crippen LogP contribution in [0.4, 0.5) is 9.59 Å². The smallest absolute Gasteiger partial charge is 0.411 e. The highest BCUT2D eigenvalue weighted by Crippen LogP contribution is 2.41. The Bertz CT molecular complexity index is 542. The molecule has 1 rings (SSSR count). The van der Waals surface area contributed by atoms with Gasteiger partial charge in [-0.2, -0.15) is 0 Å². The summed E-state index contributed by atoms with van der Waals surface area (Å²) in [6.45, 7) is 10.4. The number of amides is 2. The minimum Gasteiger partial charge on any atom is -0.465 e. The molecule has 0 fully saturated rings.